The summed E-state index contributed by atoms with van der Waals surface area (Å²) in [6.07, 6.45) is 0. The summed E-state index contributed by atoms with van der Waals surface area (Å²) in [7, 11) is -5.07. The van der Waals surface area contributed by atoms with Crippen LogP contribution < -0.4 is 0 Å². The van der Waals surface area contributed by atoms with E-state index in [1.54, 1.807) is 30.3 Å². The molecule has 2 aromatic rings. The van der Waals surface area contributed by atoms with Crippen molar-refractivity contribution < 1.29 is 12.6 Å². The second-order valence-corrected chi connectivity index (χ2v) is 8.01. The SMILES string of the molecule is Cc1ccc([S@](=O)CS(=O)(=O)c2ccccc2)cc1. The highest BCUT2D eigenvalue weighted by atomic mass is 32.3. The first kappa shape index (κ1) is 14.0. The summed E-state index contributed by atoms with van der Waals surface area (Å²) in [5, 5.41) is -0.389. The molecule has 19 heavy (non-hydrogen) atoms. The van der Waals surface area contributed by atoms with Crippen LogP contribution in [0.15, 0.2) is 64.4 Å². The lowest BCUT2D eigenvalue weighted by Crippen LogP contribution is -2.11. The molecule has 0 heterocycles. The van der Waals surface area contributed by atoms with E-state index < -0.39 is 20.6 Å². The van der Waals surface area contributed by atoms with Crippen LogP contribution in [0.25, 0.3) is 0 Å². The first-order chi connectivity index (χ1) is 8.99. The Morgan fingerprint density at radius 1 is 0.947 bits per heavy atom. The van der Waals surface area contributed by atoms with E-state index in [2.05, 4.69) is 0 Å². The highest BCUT2D eigenvalue weighted by molar-refractivity contribution is 8.05. The normalized spacial score (nSPS) is 13.1. The van der Waals surface area contributed by atoms with Gasteiger partial charge in [-0.05, 0) is 31.2 Å². The molecule has 0 unspecified atom stereocenters. The fourth-order valence-corrected chi connectivity index (χ4v) is 4.82. The van der Waals surface area contributed by atoms with Crippen molar-refractivity contribution in [3.05, 3.63) is 60.2 Å². The molecule has 5 heteroatoms. The van der Waals surface area contributed by atoms with Crippen LogP contribution in [0, 0.1) is 6.92 Å². The smallest absolute Gasteiger partial charge is 0.190 e. The van der Waals surface area contributed by atoms with E-state index in [9.17, 15) is 12.6 Å². The number of sulfone groups is 1. The molecule has 0 aromatic heterocycles. The predicted molar refractivity (Wildman–Crippen MR) is 76.1 cm³/mol. The maximum Gasteiger partial charge on any atom is 0.190 e. The molecular formula is C14H14O3S2. The van der Waals surface area contributed by atoms with Gasteiger partial charge < -0.3 is 0 Å². The Kier molecular flexibility index (Phi) is 4.17. The zero-order chi connectivity index (χ0) is 13.9. The van der Waals surface area contributed by atoms with Crippen LogP contribution in [-0.4, -0.2) is 17.7 Å². The summed E-state index contributed by atoms with van der Waals surface area (Å²) in [5.41, 5.74) is 1.05. The third-order valence-electron chi connectivity index (χ3n) is 2.65. The number of aryl methyl sites for hydroxylation is 1. The van der Waals surface area contributed by atoms with Gasteiger partial charge in [0.1, 0.15) is 5.08 Å². The quantitative estimate of drug-likeness (QED) is 0.870. The maximum absolute atomic E-state index is 12.1. The number of hydrogen-bond acceptors (Lipinski definition) is 3. The van der Waals surface area contributed by atoms with Crippen LogP contribution in [0.4, 0.5) is 0 Å². The van der Waals surface area contributed by atoms with Gasteiger partial charge in [-0.15, -0.1) is 0 Å². The Morgan fingerprint density at radius 3 is 2.11 bits per heavy atom. The molecule has 2 aromatic carbocycles. The molecule has 2 rings (SSSR count). The van der Waals surface area contributed by atoms with Crippen LogP contribution in [0.1, 0.15) is 5.56 Å². The van der Waals surface area contributed by atoms with Gasteiger partial charge in [0, 0.05) is 4.90 Å². The van der Waals surface area contributed by atoms with Crippen LogP contribution in [0.3, 0.4) is 0 Å². The lowest BCUT2D eigenvalue weighted by molar-refractivity contribution is 0.600. The molecule has 0 fully saturated rings. The average molecular weight is 294 g/mol. The van der Waals surface area contributed by atoms with Gasteiger partial charge in [0.05, 0.1) is 15.7 Å². The van der Waals surface area contributed by atoms with E-state index in [0.29, 0.717) is 4.90 Å². The summed E-state index contributed by atoms with van der Waals surface area (Å²) in [5.74, 6) is 0. The zero-order valence-corrected chi connectivity index (χ0v) is 12.1. The van der Waals surface area contributed by atoms with Gasteiger partial charge in [-0.1, -0.05) is 35.9 Å². The van der Waals surface area contributed by atoms with Gasteiger partial charge in [0.25, 0.3) is 0 Å². The van der Waals surface area contributed by atoms with Gasteiger partial charge in [-0.3, -0.25) is 4.21 Å². The third kappa shape index (κ3) is 3.52. The Bertz CT molecular complexity index is 674. The highest BCUT2D eigenvalue weighted by Gasteiger charge is 2.18. The Balaban J connectivity index is 2.22. The van der Waals surface area contributed by atoms with Crippen LogP contribution >= 0.6 is 0 Å². The van der Waals surface area contributed by atoms with E-state index in [0.717, 1.165) is 5.56 Å². The number of benzene rings is 2. The number of hydrogen-bond donors (Lipinski definition) is 0. The second kappa shape index (κ2) is 5.67. The lowest BCUT2D eigenvalue weighted by atomic mass is 10.2. The Hall–Kier alpha value is -1.46. The van der Waals surface area contributed by atoms with Crippen LogP contribution in [0.5, 0.6) is 0 Å². The molecule has 0 aliphatic heterocycles. The van der Waals surface area contributed by atoms with Gasteiger partial charge in [0.15, 0.2) is 9.84 Å². The van der Waals surface area contributed by atoms with Crippen molar-refractivity contribution >= 4 is 20.6 Å². The lowest BCUT2D eigenvalue weighted by Gasteiger charge is -2.05. The minimum absolute atomic E-state index is 0.204. The first-order valence-corrected chi connectivity index (χ1v) is 8.69. The fraction of sp³-hybridized carbons (Fsp3) is 0.143. The summed E-state index contributed by atoms with van der Waals surface area (Å²) in [6, 6.07) is 15.1. The second-order valence-electron chi connectivity index (χ2n) is 4.20. The maximum atomic E-state index is 12.1. The largest absolute Gasteiger partial charge is 0.253 e. The van der Waals surface area contributed by atoms with Gasteiger partial charge in [-0.25, -0.2) is 8.42 Å². The molecule has 0 amide bonds. The Labute approximate surface area is 115 Å². The molecule has 0 aliphatic carbocycles. The molecule has 100 valence electrons. The minimum atomic E-state index is -3.52. The zero-order valence-electron chi connectivity index (χ0n) is 10.4. The van der Waals surface area contributed by atoms with Crippen molar-refractivity contribution in [2.45, 2.75) is 16.7 Å². The molecule has 0 spiro atoms. The molecule has 0 aliphatic rings. The topological polar surface area (TPSA) is 51.2 Å². The van der Waals surface area contributed by atoms with Crippen molar-refractivity contribution in [2.75, 3.05) is 5.08 Å². The Morgan fingerprint density at radius 2 is 1.53 bits per heavy atom. The first-order valence-electron chi connectivity index (χ1n) is 5.72. The minimum Gasteiger partial charge on any atom is -0.253 e. The van der Waals surface area contributed by atoms with E-state index in [1.807, 2.05) is 19.1 Å². The van der Waals surface area contributed by atoms with Crippen LogP contribution in [-0.2, 0) is 20.6 Å². The molecule has 0 N–H and O–H groups in total. The van der Waals surface area contributed by atoms with E-state index >= 15 is 0 Å². The van der Waals surface area contributed by atoms with Gasteiger partial charge >= 0.3 is 0 Å². The van der Waals surface area contributed by atoms with Crippen molar-refractivity contribution in [3.8, 4) is 0 Å². The molecule has 3 nitrogen and oxygen atoms in total. The third-order valence-corrected chi connectivity index (χ3v) is 6.53. The summed E-state index contributed by atoms with van der Waals surface area (Å²) in [6.45, 7) is 1.92. The molecular weight excluding hydrogens is 280 g/mol. The summed E-state index contributed by atoms with van der Waals surface area (Å²) >= 11 is 0. The van der Waals surface area contributed by atoms with Gasteiger partial charge in [-0.2, -0.15) is 0 Å². The molecule has 0 radical (unpaired) electrons. The van der Waals surface area contributed by atoms with Crippen molar-refractivity contribution in [2.24, 2.45) is 0 Å². The monoisotopic (exact) mass is 294 g/mol. The van der Waals surface area contributed by atoms with Crippen LogP contribution in [0.2, 0.25) is 0 Å². The van der Waals surface area contributed by atoms with Gasteiger partial charge in [0.2, 0.25) is 0 Å². The summed E-state index contributed by atoms with van der Waals surface area (Å²) in [4.78, 5) is 0.737. The predicted octanol–water partition coefficient (Wildman–Crippen LogP) is 2.53. The molecule has 0 bridgehead atoms. The number of rotatable bonds is 4. The average Bonchev–Trinajstić information content (AvgIpc) is 2.40. The molecule has 1 atom stereocenters. The van der Waals surface area contributed by atoms with E-state index in [-0.39, 0.29) is 9.98 Å². The summed E-state index contributed by atoms with van der Waals surface area (Å²) < 4.78 is 36.3. The molecule has 0 saturated carbocycles. The fourth-order valence-electron chi connectivity index (χ4n) is 1.59. The van der Waals surface area contributed by atoms with Crippen molar-refractivity contribution in [1.82, 2.24) is 0 Å². The standard InChI is InChI=1S/C14H14O3S2/c1-12-7-9-13(10-8-12)18(15)11-19(16,17)14-5-3-2-4-6-14/h2-10H,11H2,1H3/t18-/m1/s1. The molecule has 0 saturated heterocycles. The van der Waals surface area contributed by atoms with Crippen molar-refractivity contribution in [1.29, 1.82) is 0 Å². The highest BCUT2D eigenvalue weighted by Crippen LogP contribution is 2.15. The van der Waals surface area contributed by atoms with E-state index in [1.165, 1.54) is 12.1 Å². The van der Waals surface area contributed by atoms with E-state index in [4.69, 9.17) is 0 Å². The van der Waals surface area contributed by atoms with Crippen molar-refractivity contribution in [3.63, 3.8) is 0 Å².